The van der Waals surface area contributed by atoms with Crippen LogP contribution in [0.1, 0.15) is 30.1 Å². The minimum absolute atomic E-state index is 0.0501. The number of furan rings is 1. The fourth-order valence-corrected chi connectivity index (χ4v) is 3.48. The van der Waals surface area contributed by atoms with Crippen molar-refractivity contribution in [2.75, 3.05) is 18.0 Å². The SMILES string of the molecule is O=C(NCC(=O)N1CCCc2ccccc21)[C@H]1C[C@@H]1c1ccco1. The van der Waals surface area contributed by atoms with Crippen LogP contribution in [0.4, 0.5) is 5.69 Å². The first kappa shape index (κ1) is 15.0. The van der Waals surface area contributed by atoms with E-state index in [-0.39, 0.29) is 30.2 Å². The second kappa shape index (κ2) is 6.15. The Morgan fingerprint density at radius 3 is 2.92 bits per heavy atom. The Balaban J connectivity index is 1.34. The Morgan fingerprint density at radius 2 is 2.08 bits per heavy atom. The van der Waals surface area contributed by atoms with Crippen LogP contribution in [0.3, 0.4) is 0 Å². The number of carbonyl (C=O) groups is 2. The summed E-state index contributed by atoms with van der Waals surface area (Å²) in [5.41, 5.74) is 2.17. The summed E-state index contributed by atoms with van der Waals surface area (Å²) in [5.74, 6) is 0.829. The first-order valence-corrected chi connectivity index (χ1v) is 8.43. The molecule has 1 aliphatic heterocycles. The number of benzene rings is 1. The molecule has 5 heteroatoms. The van der Waals surface area contributed by atoms with Crippen LogP contribution in [0.2, 0.25) is 0 Å². The minimum Gasteiger partial charge on any atom is -0.469 e. The van der Waals surface area contributed by atoms with Crippen molar-refractivity contribution in [3.8, 4) is 0 Å². The molecule has 124 valence electrons. The number of fused-ring (bicyclic) bond motifs is 1. The quantitative estimate of drug-likeness (QED) is 0.940. The molecule has 2 heterocycles. The van der Waals surface area contributed by atoms with Crippen molar-refractivity contribution in [1.29, 1.82) is 0 Å². The standard InChI is InChI=1S/C19H20N2O3/c22-18(21-9-3-6-13-5-1-2-7-16(13)21)12-20-19(23)15-11-14(15)17-8-4-10-24-17/h1-2,4-5,7-8,10,14-15H,3,6,9,11-12H2,(H,20,23)/t14-,15-/m0/s1. The molecule has 4 rings (SSSR count). The van der Waals surface area contributed by atoms with E-state index in [1.807, 2.05) is 30.3 Å². The third-order valence-electron chi connectivity index (χ3n) is 4.86. The summed E-state index contributed by atoms with van der Waals surface area (Å²) in [6.45, 7) is 0.763. The third-order valence-corrected chi connectivity index (χ3v) is 4.86. The van der Waals surface area contributed by atoms with E-state index in [4.69, 9.17) is 4.42 Å². The summed E-state index contributed by atoms with van der Waals surface area (Å²) >= 11 is 0. The summed E-state index contributed by atoms with van der Waals surface area (Å²) in [6, 6.07) is 11.7. The Kier molecular flexibility index (Phi) is 3.84. The summed E-state index contributed by atoms with van der Waals surface area (Å²) < 4.78 is 5.34. The molecule has 24 heavy (non-hydrogen) atoms. The Bertz CT molecular complexity index is 754. The molecular weight excluding hydrogens is 304 g/mol. The molecule has 1 aromatic heterocycles. The molecule has 0 bridgehead atoms. The van der Waals surface area contributed by atoms with Gasteiger partial charge in [0.2, 0.25) is 11.8 Å². The zero-order chi connectivity index (χ0) is 16.5. The second-order valence-corrected chi connectivity index (χ2v) is 6.46. The van der Waals surface area contributed by atoms with Gasteiger partial charge in [-0.05, 0) is 43.0 Å². The molecule has 1 aromatic carbocycles. The predicted octanol–water partition coefficient (Wildman–Crippen LogP) is 2.48. The van der Waals surface area contributed by atoms with Crippen LogP contribution in [-0.2, 0) is 16.0 Å². The largest absolute Gasteiger partial charge is 0.469 e. The van der Waals surface area contributed by atoms with Gasteiger partial charge in [-0.1, -0.05) is 18.2 Å². The third kappa shape index (κ3) is 2.82. The van der Waals surface area contributed by atoms with Crippen molar-refractivity contribution in [3.63, 3.8) is 0 Å². The minimum atomic E-state index is -0.0717. The van der Waals surface area contributed by atoms with Gasteiger partial charge in [0.1, 0.15) is 5.76 Å². The van der Waals surface area contributed by atoms with Crippen LogP contribution >= 0.6 is 0 Å². The number of nitrogens with zero attached hydrogens (tertiary/aromatic N) is 1. The van der Waals surface area contributed by atoms with E-state index in [0.29, 0.717) is 6.54 Å². The number of hydrogen-bond acceptors (Lipinski definition) is 3. The molecule has 1 N–H and O–H groups in total. The topological polar surface area (TPSA) is 62.6 Å². The first-order chi connectivity index (χ1) is 11.7. The zero-order valence-electron chi connectivity index (χ0n) is 13.4. The van der Waals surface area contributed by atoms with Gasteiger partial charge in [-0.3, -0.25) is 9.59 Å². The van der Waals surface area contributed by atoms with Crippen molar-refractivity contribution in [2.45, 2.75) is 25.2 Å². The number of hydrogen-bond donors (Lipinski definition) is 1. The Labute approximate surface area is 140 Å². The van der Waals surface area contributed by atoms with Crippen LogP contribution < -0.4 is 10.2 Å². The molecule has 0 saturated heterocycles. The Morgan fingerprint density at radius 1 is 1.21 bits per heavy atom. The number of para-hydroxylation sites is 1. The average molecular weight is 324 g/mol. The smallest absolute Gasteiger partial charge is 0.246 e. The molecule has 2 atom stereocenters. The summed E-state index contributed by atoms with van der Waals surface area (Å²) in [6.07, 6.45) is 4.37. The predicted molar refractivity (Wildman–Crippen MR) is 89.7 cm³/mol. The van der Waals surface area contributed by atoms with Gasteiger partial charge >= 0.3 is 0 Å². The number of amides is 2. The average Bonchev–Trinajstić information content (AvgIpc) is 3.24. The van der Waals surface area contributed by atoms with Gasteiger partial charge in [0, 0.05) is 24.1 Å². The second-order valence-electron chi connectivity index (χ2n) is 6.46. The summed E-state index contributed by atoms with van der Waals surface area (Å²) in [5, 5.41) is 2.79. The van der Waals surface area contributed by atoms with E-state index in [0.717, 1.165) is 30.7 Å². The van der Waals surface area contributed by atoms with Crippen LogP contribution in [0.15, 0.2) is 47.1 Å². The first-order valence-electron chi connectivity index (χ1n) is 8.43. The van der Waals surface area contributed by atoms with Crippen LogP contribution in [0.5, 0.6) is 0 Å². The van der Waals surface area contributed by atoms with Gasteiger partial charge in [0.25, 0.3) is 0 Å². The van der Waals surface area contributed by atoms with Crippen molar-refractivity contribution >= 4 is 17.5 Å². The maximum Gasteiger partial charge on any atom is 0.246 e. The van der Waals surface area contributed by atoms with E-state index in [9.17, 15) is 9.59 Å². The maximum absolute atomic E-state index is 12.5. The van der Waals surface area contributed by atoms with Gasteiger partial charge < -0.3 is 14.6 Å². The van der Waals surface area contributed by atoms with E-state index in [1.54, 1.807) is 11.2 Å². The Hall–Kier alpha value is -2.56. The fourth-order valence-electron chi connectivity index (χ4n) is 3.48. The van der Waals surface area contributed by atoms with E-state index >= 15 is 0 Å². The highest BCUT2D eigenvalue weighted by Crippen LogP contribution is 2.47. The highest BCUT2D eigenvalue weighted by atomic mass is 16.3. The lowest BCUT2D eigenvalue weighted by molar-refractivity contribution is -0.125. The normalized spacial score (nSPS) is 21.9. The number of nitrogens with one attached hydrogen (secondary N) is 1. The van der Waals surface area contributed by atoms with Gasteiger partial charge in [-0.25, -0.2) is 0 Å². The van der Waals surface area contributed by atoms with Gasteiger partial charge in [0.15, 0.2) is 0 Å². The van der Waals surface area contributed by atoms with Crippen molar-refractivity contribution in [2.24, 2.45) is 5.92 Å². The van der Waals surface area contributed by atoms with Crippen molar-refractivity contribution in [3.05, 3.63) is 54.0 Å². The molecule has 0 unspecified atom stereocenters. The molecule has 0 radical (unpaired) electrons. The van der Waals surface area contributed by atoms with Crippen molar-refractivity contribution < 1.29 is 14.0 Å². The highest BCUT2D eigenvalue weighted by molar-refractivity contribution is 5.98. The van der Waals surface area contributed by atoms with Gasteiger partial charge in [-0.2, -0.15) is 0 Å². The van der Waals surface area contributed by atoms with Crippen LogP contribution in [0, 0.1) is 5.92 Å². The molecule has 2 amide bonds. The monoisotopic (exact) mass is 324 g/mol. The molecule has 2 aliphatic rings. The summed E-state index contributed by atoms with van der Waals surface area (Å²) in [4.78, 5) is 26.5. The molecule has 5 nitrogen and oxygen atoms in total. The fraction of sp³-hybridized carbons (Fsp3) is 0.368. The number of rotatable bonds is 4. The lowest BCUT2D eigenvalue weighted by atomic mass is 10.0. The lowest BCUT2D eigenvalue weighted by Gasteiger charge is -2.29. The van der Waals surface area contributed by atoms with Gasteiger partial charge in [0.05, 0.1) is 12.8 Å². The summed E-state index contributed by atoms with van der Waals surface area (Å²) in [7, 11) is 0. The van der Waals surface area contributed by atoms with E-state index < -0.39 is 0 Å². The molecular formula is C19H20N2O3. The lowest BCUT2D eigenvalue weighted by Crippen LogP contribution is -2.43. The van der Waals surface area contributed by atoms with E-state index in [1.165, 1.54) is 5.56 Å². The molecule has 2 aromatic rings. The van der Waals surface area contributed by atoms with Gasteiger partial charge in [-0.15, -0.1) is 0 Å². The molecule has 0 spiro atoms. The highest BCUT2D eigenvalue weighted by Gasteiger charge is 2.45. The molecule has 1 saturated carbocycles. The number of carbonyl (C=O) groups excluding carboxylic acids is 2. The molecule has 1 aliphatic carbocycles. The maximum atomic E-state index is 12.5. The van der Waals surface area contributed by atoms with Crippen LogP contribution in [-0.4, -0.2) is 24.9 Å². The molecule has 1 fully saturated rings. The number of anilines is 1. The van der Waals surface area contributed by atoms with E-state index in [2.05, 4.69) is 11.4 Å². The van der Waals surface area contributed by atoms with Crippen LogP contribution in [0.25, 0.3) is 0 Å². The zero-order valence-corrected chi connectivity index (χ0v) is 13.4. The number of aryl methyl sites for hydroxylation is 1. The van der Waals surface area contributed by atoms with Crippen molar-refractivity contribution in [1.82, 2.24) is 5.32 Å².